The Balaban J connectivity index is 2.14. The third-order valence-electron chi connectivity index (χ3n) is 3.79. The van der Waals surface area contributed by atoms with Crippen molar-refractivity contribution in [3.63, 3.8) is 0 Å². The van der Waals surface area contributed by atoms with Gasteiger partial charge in [-0.3, -0.25) is 4.90 Å². The summed E-state index contributed by atoms with van der Waals surface area (Å²) in [5.41, 5.74) is 6.54. The van der Waals surface area contributed by atoms with Gasteiger partial charge < -0.3 is 10.5 Å². The molecule has 1 aliphatic rings. The molecule has 2 N–H and O–H groups in total. The molecular weight excluding hydrogens is 311 g/mol. The number of rotatable bonds is 4. The summed E-state index contributed by atoms with van der Waals surface area (Å²) in [5.74, 6) is -0.187. The standard InChI is InChI=1S/C14H20BrFN2O/c1-19-11-4-6-18(7-5-11)14(9-17)12-8-10(15)2-3-13(12)16/h2-3,8,11,14H,4-7,9,17H2,1H3. The molecule has 19 heavy (non-hydrogen) atoms. The lowest BCUT2D eigenvalue weighted by Crippen LogP contribution is -2.42. The monoisotopic (exact) mass is 330 g/mol. The van der Waals surface area contributed by atoms with E-state index >= 15 is 0 Å². The maximum Gasteiger partial charge on any atom is 0.128 e. The minimum absolute atomic E-state index is 0.0599. The van der Waals surface area contributed by atoms with Crippen LogP contribution in [-0.4, -0.2) is 37.7 Å². The summed E-state index contributed by atoms with van der Waals surface area (Å²) in [7, 11) is 1.74. The molecule has 1 aromatic rings. The van der Waals surface area contributed by atoms with Gasteiger partial charge in [-0.05, 0) is 31.0 Å². The van der Waals surface area contributed by atoms with E-state index < -0.39 is 0 Å². The number of benzene rings is 1. The van der Waals surface area contributed by atoms with Crippen molar-refractivity contribution in [1.82, 2.24) is 4.90 Å². The molecule has 3 nitrogen and oxygen atoms in total. The van der Waals surface area contributed by atoms with Gasteiger partial charge in [-0.15, -0.1) is 0 Å². The van der Waals surface area contributed by atoms with Gasteiger partial charge in [0.1, 0.15) is 5.82 Å². The molecule has 1 unspecified atom stereocenters. The molecule has 1 aliphatic heterocycles. The molecular formula is C14H20BrFN2O. The predicted octanol–water partition coefficient (Wildman–Crippen LogP) is 2.70. The van der Waals surface area contributed by atoms with Crippen molar-refractivity contribution in [2.24, 2.45) is 5.73 Å². The minimum Gasteiger partial charge on any atom is -0.381 e. The predicted molar refractivity (Wildman–Crippen MR) is 77.5 cm³/mol. The number of piperidine rings is 1. The molecule has 1 heterocycles. The quantitative estimate of drug-likeness (QED) is 0.922. The highest BCUT2D eigenvalue weighted by Crippen LogP contribution is 2.28. The lowest BCUT2D eigenvalue weighted by molar-refractivity contribution is 0.0275. The Bertz CT molecular complexity index is 422. The number of nitrogens with two attached hydrogens (primary N) is 1. The Morgan fingerprint density at radius 1 is 1.47 bits per heavy atom. The topological polar surface area (TPSA) is 38.5 Å². The third-order valence-corrected chi connectivity index (χ3v) is 4.28. The van der Waals surface area contributed by atoms with Crippen LogP contribution in [0, 0.1) is 5.82 Å². The second kappa shape index (κ2) is 6.79. The Kier molecular flexibility index (Phi) is 5.33. The Labute approximate surface area is 122 Å². The van der Waals surface area contributed by atoms with Crippen molar-refractivity contribution in [3.05, 3.63) is 34.1 Å². The molecule has 5 heteroatoms. The number of hydrogen-bond donors (Lipinski definition) is 1. The Morgan fingerprint density at radius 3 is 2.74 bits per heavy atom. The summed E-state index contributed by atoms with van der Waals surface area (Å²) in [6.45, 7) is 2.21. The number of likely N-dealkylation sites (tertiary alicyclic amines) is 1. The smallest absolute Gasteiger partial charge is 0.128 e. The molecule has 0 amide bonds. The highest BCUT2D eigenvalue weighted by atomic mass is 79.9. The van der Waals surface area contributed by atoms with Crippen molar-refractivity contribution < 1.29 is 9.13 Å². The van der Waals surface area contributed by atoms with Crippen LogP contribution in [0.5, 0.6) is 0 Å². The second-order valence-electron chi connectivity index (χ2n) is 4.89. The van der Waals surface area contributed by atoms with Crippen molar-refractivity contribution in [2.75, 3.05) is 26.7 Å². The number of nitrogens with zero attached hydrogens (tertiary/aromatic N) is 1. The van der Waals surface area contributed by atoms with Gasteiger partial charge in [0.25, 0.3) is 0 Å². The SMILES string of the molecule is COC1CCN(C(CN)c2cc(Br)ccc2F)CC1. The molecule has 2 rings (SSSR count). The van der Waals surface area contributed by atoms with Crippen LogP contribution in [0.1, 0.15) is 24.4 Å². The minimum atomic E-state index is -0.187. The van der Waals surface area contributed by atoms with Crippen LogP contribution in [0.3, 0.4) is 0 Å². The molecule has 0 aromatic heterocycles. The normalized spacial score (nSPS) is 19.6. The van der Waals surface area contributed by atoms with Crippen molar-refractivity contribution >= 4 is 15.9 Å². The summed E-state index contributed by atoms with van der Waals surface area (Å²) in [6.07, 6.45) is 2.27. The summed E-state index contributed by atoms with van der Waals surface area (Å²) in [5, 5.41) is 0. The first-order valence-electron chi connectivity index (χ1n) is 6.57. The van der Waals surface area contributed by atoms with Crippen molar-refractivity contribution in [1.29, 1.82) is 0 Å². The van der Waals surface area contributed by atoms with Gasteiger partial charge >= 0.3 is 0 Å². The van der Waals surface area contributed by atoms with Gasteiger partial charge in [-0.2, -0.15) is 0 Å². The van der Waals surface area contributed by atoms with Crippen LogP contribution in [0.4, 0.5) is 4.39 Å². The molecule has 106 valence electrons. The Hall–Kier alpha value is -0.490. The molecule has 1 aromatic carbocycles. The number of halogens is 2. The van der Waals surface area contributed by atoms with Crippen LogP contribution in [-0.2, 0) is 4.74 Å². The van der Waals surface area contributed by atoms with E-state index in [1.165, 1.54) is 6.07 Å². The van der Waals surface area contributed by atoms with E-state index in [4.69, 9.17) is 10.5 Å². The molecule has 0 spiro atoms. The largest absolute Gasteiger partial charge is 0.381 e. The number of methoxy groups -OCH3 is 1. The molecule has 0 radical (unpaired) electrons. The van der Waals surface area contributed by atoms with Crippen LogP contribution in [0.25, 0.3) is 0 Å². The maximum absolute atomic E-state index is 14.0. The zero-order valence-electron chi connectivity index (χ0n) is 11.1. The third kappa shape index (κ3) is 3.54. The Morgan fingerprint density at radius 2 is 2.16 bits per heavy atom. The first-order valence-corrected chi connectivity index (χ1v) is 7.37. The molecule has 0 aliphatic carbocycles. The van der Waals surface area contributed by atoms with E-state index in [-0.39, 0.29) is 11.9 Å². The number of hydrogen-bond acceptors (Lipinski definition) is 3. The zero-order chi connectivity index (χ0) is 13.8. The fourth-order valence-electron chi connectivity index (χ4n) is 2.67. The summed E-state index contributed by atoms with van der Waals surface area (Å²) in [6, 6.07) is 4.97. The van der Waals surface area contributed by atoms with E-state index in [1.54, 1.807) is 13.2 Å². The van der Waals surface area contributed by atoms with E-state index in [1.807, 2.05) is 6.07 Å². The molecule has 1 fully saturated rings. The zero-order valence-corrected chi connectivity index (χ0v) is 12.7. The fourth-order valence-corrected chi connectivity index (χ4v) is 3.04. The van der Waals surface area contributed by atoms with Crippen LogP contribution in [0.2, 0.25) is 0 Å². The van der Waals surface area contributed by atoms with E-state index in [2.05, 4.69) is 20.8 Å². The van der Waals surface area contributed by atoms with Gasteiger partial charge in [-0.1, -0.05) is 15.9 Å². The van der Waals surface area contributed by atoms with Crippen LogP contribution < -0.4 is 5.73 Å². The van der Waals surface area contributed by atoms with Crippen molar-refractivity contribution in [2.45, 2.75) is 25.0 Å². The van der Waals surface area contributed by atoms with Gasteiger partial charge in [0, 0.05) is 42.8 Å². The van der Waals surface area contributed by atoms with Crippen LogP contribution in [0.15, 0.2) is 22.7 Å². The highest BCUT2D eigenvalue weighted by Gasteiger charge is 2.26. The fraction of sp³-hybridized carbons (Fsp3) is 0.571. The van der Waals surface area contributed by atoms with Gasteiger partial charge in [-0.25, -0.2) is 4.39 Å². The lowest BCUT2D eigenvalue weighted by Gasteiger charge is -2.37. The first-order chi connectivity index (χ1) is 9.15. The van der Waals surface area contributed by atoms with Gasteiger partial charge in [0.2, 0.25) is 0 Å². The average molecular weight is 331 g/mol. The molecule has 0 saturated carbocycles. The van der Waals surface area contributed by atoms with E-state index in [0.717, 1.165) is 30.4 Å². The second-order valence-corrected chi connectivity index (χ2v) is 5.80. The van der Waals surface area contributed by atoms with Crippen molar-refractivity contribution in [3.8, 4) is 0 Å². The molecule has 1 atom stereocenters. The van der Waals surface area contributed by atoms with Crippen LogP contribution >= 0.6 is 15.9 Å². The number of ether oxygens (including phenoxy) is 1. The van der Waals surface area contributed by atoms with Gasteiger partial charge in [0.15, 0.2) is 0 Å². The molecule has 0 bridgehead atoms. The van der Waals surface area contributed by atoms with E-state index in [9.17, 15) is 4.39 Å². The average Bonchev–Trinajstić information content (AvgIpc) is 2.44. The summed E-state index contributed by atoms with van der Waals surface area (Å²) in [4.78, 5) is 2.25. The summed E-state index contributed by atoms with van der Waals surface area (Å²) < 4.78 is 20.2. The molecule has 1 saturated heterocycles. The summed E-state index contributed by atoms with van der Waals surface area (Å²) >= 11 is 3.39. The van der Waals surface area contributed by atoms with Gasteiger partial charge in [0.05, 0.1) is 6.10 Å². The lowest BCUT2D eigenvalue weighted by atomic mass is 10.00. The highest BCUT2D eigenvalue weighted by molar-refractivity contribution is 9.10. The van der Waals surface area contributed by atoms with E-state index in [0.29, 0.717) is 18.2 Å². The maximum atomic E-state index is 14.0. The first kappa shape index (κ1) is 14.9.